The van der Waals surface area contributed by atoms with Gasteiger partial charge in [-0.3, -0.25) is 24.5 Å². The number of hydrogen-bond acceptors (Lipinski definition) is 8. The third-order valence-corrected chi connectivity index (χ3v) is 6.37. The molecule has 6 N–H and O–H groups in total. The predicted molar refractivity (Wildman–Crippen MR) is 185 cm³/mol. The lowest BCUT2D eigenvalue weighted by Crippen LogP contribution is -2.46. The average molecular weight is 697 g/mol. The van der Waals surface area contributed by atoms with Gasteiger partial charge in [0.25, 0.3) is 17.7 Å². The van der Waals surface area contributed by atoms with Crippen LogP contribution in [0.3, 0.4) is 0 Å². The Kier molecular flexibility index (Phi) is 12.2. The molecule has 50 heavy (non-hydrogen) atoms. The fourth-order valence-electron chi connectivity index (χ4n) is 4.38. The molecule has 3 heterocycles. The number of hydrogen-bond donors (Lipinski definition) is 6. The Bertz CT molecular complexity index is 1790. The highest BCUT2D eigenvalue weighted by molar-refractivity contribution is 6.07. The van der Waals surface area contributed by atoms with E-state index >= 15 is 0 Å². The van der Waals surface area contributed by atoms with Gasteiger partial charge in [-0.05, 0) is 59.7 Å². The first-order valence-corrected chi connectivity index (χ1v) is 15.4. The van der Waals surface area contributed by atoms with Crippen molar-refractivity contribution in [2.24, 2.45) is 26.1 Å². The quantitative estimate of drug-likeness (QED) is 0.0793. The first-order chi connectivity index (χ1) is 23.2. The summed E-state index contributed by atoms with van der Waals surface area (Å²) in [6.45, 7) is 10.2. The number of aliphatic imine (C=N–C) groups is 1. The summed E-state index contributed by atoms with van der Waals surface area (Å²) in [6.07, 6.45) is 3.45. The van der Waals surface area contributed by atoms with Gasteiger partial charge in [0.15, 0.2) is 0 Å². The molecule has 0 aromatic carbocycles. The summed E-state index contributed by atoms with van der Waals surface area (Å²) in [5.74, 6) is -1.61. The highest BCUT2D eigenvalue weighted by atomic mass is 16.6. The van der Waals surface area contributed by atoms with E-state index in [9.17, 15) is 28.8 Å². The Labute approximate surface area is 288 Å². The molecule has 270 valence electrons. The van der Waals surface area contributed by atoms with E-state index in [1.54, 1.807) is 85.8 Å². The van der Waals surface area contributed by atoms with Gasteiger partial charge in [0.05, 0.1) is 17.1 Å². The number of amides is 6. The van der Waals surface area contributed by atoms with Gasteiger partial charge in [-0.2, -0.15) is 0 Å². The predicted octanol–water partition coefficient (Wildman–Crippen LogP) is 2.91. The standard InChI is InChI=1S/C32H44N10O8/c1-31(2,3)49-29(47)38-28(39-30(48)50-32(4,5)6)34-11-10-33-25(44)22-13-20(16-41(22)8)36-27(46)24-14-21(17-42(24)9)37-26(45)23-12-19(35-18-43)15-40(23)7/h12-18H,10-11H2,1-9H3,(H,33,44)(H,35,43)(H,36,46)(H,37,45)(H2,34,38,39,47,48). The highest BCUT2D eigenvalue weighted by Gasteiger charge is 2.21. The first-order valence-electron chi connectivity index (χ1n) is 15.4. The third-order valence-electron chi connectivity index (χ3n) is 6.37. The molecule has 0 aliphatic rings. The molecule has 0 aliphatic carbocycles. The average Bonchev–Trinajstić information content (AvgIpc) is 3.64. The minimum absolute atomic E-state index is 0.0599. The molecule has 3 rings (SSSR count). The Morgan fingerprint density at radius 2 is 1.12 bits per heavy atom. The van der Waals surface area contributed by atoms with Crippen molar-refractivity contribution < 1.29 is 38.2 Å². The van der Waals surface area contributed by atoms with E-state index in [2.05, 4.69) is 36.9 Å². The Balaban J connectivity index is 1.59. The maximum atomic E-state index is 13.1. The number of nitrogens with one attached hydrogen (secondary N) is 6. The number of carbonyl (C=O) groups excluding carboxylic acids is 6. The molecule has 18 nitrogen and oxygen atoms in total. The number of carbonyl (C=O) groups is 6. The van der Waals surface area contributed by atoms with Gasteiger partial charge in [0.2, 0.25) is 12.4 Å². The van der Waals surface area contributed by atoms with Crippen LogP contribution in [-0.2, 0) is 35.4 Å². The van der Waals surface area contributed by atoms with Crippen LogP contribution in [0, 0.1) is 0 Å². The van der Waals surface area contributed by atoms with Gasteiger partial charge in [0.1, 0.15) is 28.3 Å². The van der Waals surface area contributed by atoms with Crippen LogP contribution in [0.4, 0.5) is 26.7 Å². The number of guanidine groups is 1. The second-order valence-corrected chi connectivity index (χ2v) is 13.1. The summed E-state index contributed by atoms with van der Waals surface area (Å²) >= 11 is 0. The van der Waals surface area contributed by atoms with Crippen molar-refractivity contribution in [3.63, 3.8) is 0 Å². The van der Waals surface area contributed by atoms with Gasteiger partial charge in [-0.25, -0.2) is 9.59 Å². The molecule has 0 spiro atoms. The van der Waals surface area contributed by atoms with Crippen molar-refractivity contribution in [3.8, 4) is 0 Å². The van der Waals surface area contributed by atoms with Gasteiger partial charge in [-0.1, -0.05) is 0 Å². The van der Waals surface area contributed by atoms with Crippen LogP contribution in [0.25, 0.3) is 0 Å². The summed E-state index contributed by atoms with van der Waals surface area (Å²) in [5.41, 5.74) is 0.333. The van der Waals surface area contributed by atoms with Crippen molar-refractivity contribution in [1.82, 2.24) is 29.7 Å². The van der Waals surface area contributed by atoms with Gasteiger partial charge in [-0.15, -0.1) is 4.99 Å². The van der Waals surface area contributed by atoms with E-state index < -0.39 is 41.1 Å². The number of aromatic nitrogens is 3. The Hall–Kier alpha value is -6.07. The second kappa shape index (κ2) is 15.9. The summed E-state index contributed by atoms with van der Waals surface area (Å²) in [6, 6.07) is 4.51. The smallest absolute Gasteiger partial charge is 0.437 e. The van der Waals surface area contributed by atoms with Gasteiger partial charge >= 0.3 is 12.2 Å². The number of nitrogens with zero attached hydrogens (tertiary/aromatic N) is 4. The van der Waals surface area contributed by atoms with Crippen molar-refractivity contribution in [2.45, 2.75) is 52.7 Å². The zero-order chi connectivity index (χ0) is 37.4. The van der Waals surface area contributed by atoms with Crippen LogP contribution in [0.2, 0.25) is 0 Å². The van der Waals surface area contributed by atoms with Crippen molar-refractivity contribution >= 4 is 59.3 Å². The molecule has 18 heteroatoms. The van der Waals surface area contributed by atoms with Crippen molar-refractivity contribution in [1.29, 1.82) is 0 Å². The van der Waals surface area contributed by atoms with Crippen LogP contribution >= 0.6 is 0 Å². The normalized spacial score (nSPS) is 11.7. The summed E-state index contributed by atoms with van der Waals surface area (Å²) in [7, 11) is 4.94. The van der Waals surface area contributed by atoms with E-state index in [0.717, 1.165) is 0 Å². The molecule has 0 unspecified atom stereocenters. The maximum absolute atomic E-state index is 13.1. The van der Waals surface area contributed by atoms with Crippen LogP contribution in [0.5, 0.6) is 0 Å². The number of rotatable bonds is 10. The van der Waals surface area contributed by atoms with E-state index in [1.165, 1.54) is 27.3 Å². The highest BCUT2D eigenvalue weighted by Crippen LogP contribution is 2.19. The number of alkyl carbamates (subject to hydrolysis) is 1. The van der Waals surface area contributed by atoms with Crippen LogP contribution < -0.4 is 31.9 Å². The molecular weight excluding hydrogens is 652 g/mol. The molecule has 0 aliphatic heterocycles. The van der Waals surface area contributed by atoms with Crippen LogP contribution in [-0.4, -0.2) is 80.3 Å². The molecule has 3 aromatic rings. The third kappa shape index (κ3) is 11.6. The molecule has 0 radical (unpaired) electrons. The molecule has 0 fully saturated rings. The van der Waals surface area contributed by atoms with Crippen molar-refractivity contribution in [3.05, 3.63) is 53.9 Å². The number of anilines is 3. The van der Waals surface area contributed by atoms with E-state index in [-0.39, 0.29) is 30.4 Å². The van der Waals surface area contributed by atoms with Crippen LogP contribution in [0.15, 0.2) is 41.8 Å². The zero-order valence-corrected chi connectivity index (χ0v) is 29.5. The fraction of sp³-hybridized carbons (Fsp3) is 0.406. The fourth-order valence-corrected chi connectivity index (χ4v) is 4.38. The molecule has 0 saturated heterocycles. The van der Waals surface area contributed by atoms with Crippen LogP contribution in [0.1, 0.15) is 73.0 Å². The molecular formula is C32H44N10O8. The Morgan fingerprint density at radius 3 is 1.60 bits per heavy atom. The summed E-state index contributed by atoms with van der Waals surface area (Å²) < 4.78 is 15.0. The number of ether oxygens (including phenoxy) is 2. The summed E-state index contributed by atoms with van der Waals surface area (Å²) in [5, 5.41) is 15.8. The monoisotopic (exact) mass is 696 g/mol. The lowest BCUT2D eigenvalue weighted by molar-refractivity contribution is -0.105. The SMILES string of the molecule is Cn1cc(NC(=O)c2cc(NC(=O)c3cc(NC=O)cn3C)cn2C)cc1C(=O)NCCNC(=NC(=O)OC(C)(C)C)NC(=O)OC(C)(C)C. The van der Waals surface area contributed by atoms with E-state index in [4.69, 9.17) is 9.47 Å². The van der Waals surface area contributed by atoms with Crippen molar-refractivity contribution in [2.75, 3.05) is 29.0 Å². The topological polar surface area (TPSA) is 220 Å². The minimum atomic E-state index is -0.940. The second-order valence-electron chi connectivity index (χ2n) is 13.1. The maximum Gasteiger partial charge on any atom is 0.437 e. The zero-order valence-electron chi connectivity index (χ0n) is 29.5. The molecule has 3 aromatic heterocycles. The largest absolute Gasteiger partial charge is 0.444 e. The van der Waals surface area contributed by atoms with E-state index in [1.807, 2.05) is 0 Å². The summed E-state index contributed by atoms with van der Waals surface area (Å²) in [4.78, 5) is 77.9. The molecule has 0 saturated carbocycles. The lowest BCUT2D eigenvalue weighted by Gasteiger charge is -2.21. The molecule has 0 bridgehead atoms. The lowest BCUT2D eigenvalue weighted by atomic mass is 10.2. The number of aryl methyl sites for hydroxylation is 3. The Morgan fingerprint density at radius 1 is 0.680 bits per heavy atom. The first kappa shape index (κ1) is 38.4. The van der Waals surface area contributed by atoms with Gasteiger partial charge in [0, 0.05) is 52.8 Å². The molecule has 0 atom stereocenters. The minimum Gasteiger partial charge on any atom is -0.444 e. The van der Waals surface area contributed by atoms with Gasteiger partial charge < -0.3 is 49.8 Å². The molecule has 6 amide bonds. The van der Waals surface area contributed by atoms with E-state index in [0.29, 0.717) is 29.2 Å².